The second-order valence-electron chi connectivity index (χ2n) is 18.6. The minimum Gasteiger partial charge on any atom is -0.308 e. The normalized spacial score (nSPS) is 14.2. The molecule has 4 nitrogen and oxygen atoms in total. The number of rotatable bonds is 8. The van der Waals surface area contributed by atoms with Crippen LogP contribution in [-0.2, 0) is 11.8 Å². The molecule has 2 aromatic heterocycles. The third-order valence-corrected chi connectivity index (χ3v) is 16.4. The van der Waals surface area contributed by atoms with Crippen molar-refractivity contribution in [3.05, 3.63) is 145 Å². The molecule has 0 saturated carbocycles. The van der Waals surface area contributed by atoms with Crippen molar-refractivity contribution in [2.24, 2.45) is 0 Å². The lowest BCUT2D eigenvalue weighted by Gasteiger charge is -2.37. The number of hydrogen-bond acceptors (Lipinski definition) is 4. The van der Waals surface area contributed by atoms with E-state index in [4.69, 9.17) is 0 Å². The van der Waals surface area contributed by atoms with Gasteiger partial charge >= 0.3 is 0 Å². The summed E-state index contributed by atoms with van der Waals surface area (Å²) in [7, 11) is -2.97. The summed E-state index contributed by atoms with van der Waals surface area (Å²) in [6, 6.07) is 39.4. The smallest absolute Gasteiger partial charge is 0.0775 e. The van der Waals surface area contributed by atoms with Crippen LogP contribution in [0.15, 0.2) is 128 Å². The first-order valence-electron chi connectivity index (χ1n) is 20.1. The van der Waals surface area contributed by atoms with Gasteiger partial charge in [-0.05, 0) is 125 Å². The third kappa shape index (κ3) is 6.02. The van der Waals surface area contributed by atoms with Gasteiger partial charge in [0.15, 0.2) is 0 Å². The van der Waals surface area contributed by atoms with E-state index in [2.05, 4.69) is 183 Å². The Labute approximate surface area is 334 Å². The van der Waals surface area contributed by atoms with Crippen LogP contribution in [0.1, 0.15) is 37.0 Å². The summed E-state index contributed by atoms with van der Waals surface area (Å²) in [5, 5.41) is 10.9. The van der Waals surface area contributed by atoms with E-state index in [1.807, 2.05) is 24.8 Å². The van der Waals surface area contributed by atoms with Crippen molar-refractivity contribution in [1.29, 1.82) is 0 Å². The molecule has 6 heteroatoms. The van der Waals surface area contributed by atoms with Gasteiger partial charge in [-0.25, -0.2) is 0 Å². The number of aromatic nitrogens is 2. The fourth-order valence-corrected chi connectivity index (χ4v) is 11.4. The van der Waals surface area contributed by atoms with E-state index in [9.17, 15) is 0 Å². The van der Waals surface area contributed by atoms with Gasteiger partial charge in [0.05, 0.1) is 51.3 Å². The Hall–Kier alpha value is -5.31. The Bertz CT molecular complexity index is 2730. The number of anilines is 6. The molecule has 1 aliphatic carbocycles. The molecule has 56 heavy (non-hydrogen) atoms. The maximum absolute atomic E-state index is 4.64. The summed E-state index contributed by atoms with van der Waals surface area (Å²) in [5.74, 6) is 0. The molecule has 0 aliphatic heterocycles. The molecule has 0 radical (unpaired) electrons. The summed E-state index contributed by atoms with van der Waals surface area (Å²) >= 11 is 0. The van der Waals surface area contributed by atoms with Crippen molar-refractivity contribution >= 4 is 93.0 Å². The lowest BCUT2D eigenvalue weighted by Crippen LogP contribution is -2.37. The number of aryl methyl sites for hydroxylation is 2. The minimum absolute atomic E-state index is 0.0112. The SMILES string of the molecule is Cc1cc(N(c2ccc([Si](C)(C)C)cc2)c2cccnc2)c2cc3c4c(cc(N(c5ccc([Si](C)(C)C)cc5)c5cccnc5)c5ccc1c2c54)CCC3(C)C. The largest absolute Gasteiger partial charge is 0.308 e. The summed E-state index contributed by atoms with van der Waals surface area (Å²) in [5.41, 5.74) is 11.0. The molecule has 280 valence electrons. The maximum Gasteiger partial charge on any atom is 0.0775 e. The Morgan fingerprint density at radius 2 is 1.05 bits per heavy atom. The molecule has 0 amide bonds. The molecule has 0 saturated heterocycles. The molecule has 0 N–H and O–H groups in total. The zero-order valence-electron chi connectivity index (χ0n) is 34.3. The summed E-state index contributed by atoms with van der Waals surface area (Å²) in [4.78, 5) is 14.2. The van der Waals surface area contributed by atoms with Crippen LogP contribution >= 0.6 is 0 Å². The fraction of sp³-hybridized carbons (Fsp3) is 0.240. The molecule has 1 aliphatic rings. The number of pyridine rings is 2. The highest BCUT2D eigenvalue weighted by molar-refractivity contribution is 6.89. The molecule has 6 aromatic carbocycles. The fourth-order valence-electron chi connectivity index (χ4n) is 9.05. The Morgan fingerprint density at radius 1 is 0.536 bits per heavy atom. The van der Waals surface area contributed by atoms with E-state index in [-0.39, 0.29) is 5.41 Å². The van der Waals surface area contributed by atoms with E-state index in [1.165, 1.54) is 70.8 Å². The highest BCUT2D eigenvalue weighted by Gasteiger charge is 2.34. The van der Waals surface area contributed by atoms with Crippen molar-refractivity contribution in [3.8, 4) is 0 Å². The zero-order valence-corrected chi connectivity index (χ0v) is 36.3. The van der Waals surface area contributed by atoms with Crippen LogP contribution in [-0.4, -0.2) is 26.1 Å². The molecule has 0 unspecified atom stereocenters. The molecular weight excluding hydrogens is 713 g/mol. The minimum atomic E-state index is -1.49. The van der Waals surface area contributed by atoms with Gasteiger partial charge in [0.2, 0.25) is 0 Å². The first kappa shape index (κ1) is 36.3. The van der Waals surface area contributed by atoms with E-state index in [0.29, 0.717) is 0 Å². The van der Waals surface area contributed by atoms with Gasteiger partial charge in [0.25, 0.3) is 0 Å². The molecule has 9 rings (SSSR count). The molecular formula is C50H52N4Si2. The maximum atomic E-state index is 4.64. The Morgan fingerprint density at radius 3 is 1.55 bits per heavy atom. The van der Waals surface area contributed by atoms with Crippen LogP contribution in [0.5, 0.6) is 0 Å². The van der Waals surface area contributed by atoms with Crippen LogP contribution in [0.3, 0.4) is 0 Å². The van der Waals surface area contributed by atoms with Gasteiger partial charge in [-0.2, -0.15) is 0 Å². The Balaban J connectivity index is 1.38. The van der Waals surface area contributed by atoms with Gasteiger partial charge in [-0.15, -0.1) is 0 Å². The molecule has 8 aromatic rings. The average molecular weight is 765 g/mol. The van der Waals surface area contributed by atoms with Crippen LogP contribution in [0, 0.1) is 6.92 Å². The number of benzene rings is 6. The van der Waals surface area contributed by atoms with Gasteiger partial charge in [-0.3, -0.25) is 9.97 Å². The monoisotopic (exact) mass is 764 g/mol. The predicted octanol–water partition coefficient (Wildman–Crippen LogP) is 12.9. The van der Waals surface area contributed by atoms with E-state index < -0.39 is 16.1 Å². The molecule has 2 heterocycles. The molecule has 0 bridgehead atoms. The van der Waals surface area contributed by atoms with Crippen LogP contribution < -0.4 is 20.2 Å². The van der Waals surface area contributed by atoms with Crippen LogP contribution in [0.25, 0.3) is 32.3 Å². The lowest BCUT2D eigenvalue weighted by atomic mass is 9.70. The van der Waals surface area contributed by atoms with E-state index >= 15 is 0 Å². The third-order valence-electron chi connectivity index (χ3n) is 12.3. The number of hydrogen-bond donors (Lipinski definition) is 0. The van der Waals surface area contributed by atoms with Crippen molar-refractivity contribution in [2.45, 2.75) is 78.3 Å². The topological polar surface area (TPSA) is 32.3 Å². The second-order valence-corrected chi connectivity index (χ2v) is 28.8. The van der Waals surface area contributed by atoms with Crippen LogP contribution in [0.4, 0.5) is 34.1 Å². The predicted molar refractivity (Wildman–Crippen MR) is 247 cm³/mol. The van der Waals surface area contributed by atoms with Crippen molar-refractivity contribution in [2.75, 3.05) is 9.80 Å². The van der Waals surface area contributed by atoms with Gasteiger partial charge in [-0.1, -0.05) is 99.9 Å². The van der Waals surface area contributed by atoms with E-state index in [0.717, 1.165) is 35.6 Å². The van der Waals surface area contributed by atoms with Gasteiger partial charge in [0, 0.05) is 39.9 Å². The van der Waals surface area contributed by atoms with Crippen molar-refractivity contribution in [1.82, 2.24) is 9.97 Å². The molecule has 0 spiro atoms. The van der Waals surface area contributed by atoms with E-state index in [1.54, 1.807) is 0 Å². The van der Waals surface area contributed by atoms with Crippen molar-refractivity contribution < 1.29 is 0 Å². The van der Waals surface area contributed by atoms with Gasteiger partial charge in [0.1, 0.15) is 0 Å². The van der Waals surface area contributed by atoms with Crippen LogP contribution in [0.2, 0.25) is 39.3 Å². The first-order valence-corrected chi connectivity index (χ1v) is 27.1. The summed E-state index contributed by atoms with van der Waals surface area (Å²) in [6.45, 7) is 21.7. The standard InChI is InChI=1S/C50H52N4Si2/c1-33-28-45(53(37-12-10-26-51-31-37)35-14-18-39(19-15-35)55(4,5)6)43-30-44-47-34(24-25-50(44,2)3)29-46(42-23-22-41(33)48(43)49(42)47)54(38-13-11-27-52-32-38)36-16-20-40(21-17-36)56(7,8)9/h10-23,26-32H,24-25H2,1-9H3. The highest BCUT2D eigenvalue weighted by Crippen LogP contribution is 2.53. The Kier molecular flexibility index (Phi) is 8.53. The van der Waals surface area contributed by atoms with Gasteiger partial charge < -0.3 is 9.80 Å². The number of nitrogens with zero attached hydrogens (tertiary/aromatic N) is 4. The average Bonchev–Trinajstić information content (AvgIpc) is 3.18. The molecule has 0 fully saturated rings. The first-order chi connectivity index (χ1) is 26.7. The quantitative estimate of drug-likeness (QED) is 0.114. The highest BCUT2D eigenvalue weighted by atomic mass is 28.3. The summed E-state index contributed by atoms with van der Waals surface area (Å²) in [6.07, 6.45) is 9.87. The molecule has 0 atom stereocenters. The summed E-state index contributed by atoms with van der Waals surface area (Å²) < 4.78 is 0. The van der Waals surface area contributed by atoms with Crippen molar-refractivity contribution in [3.63, 3.8) is 0 Å². The lowest BCUT2D eigenvalue weighted by molar-refractivity contribution is 0.475. The zero-order chi connectivity index (χ0) is 39.1. The second kappa shape index (κ2) is 13.1.